The first-order valence-corrected chi connectivity index (χ1v) is 10.4. The van der Waals surface area contributed by atoms with E-state index in [1.54, 1.807) is 24.9 Å². The molecule has 1 atom stereocenters. The smallest absolute Gasteiger partial charge is 0.338 e. The average molecular weight is 439 g/mol. The minimum atomic E-state index is -0.482. The summed E-state index contributed by atoms with van der Waals surface area (Å²) < 4.78 is 5.27. The number of nitrogens with one attached hydrogen (secondary N) is 3. The summed E-state index contributed by atoms with van der Waals surface area (Å²) in [6, 6.07) is 14.0. The summed E-state index contributed by atoms with van der Waals surface area (Å²) >= 11 is 5.42. The van der Waals surface area contributed by atoms with Crippen LogP contribution in [0.15, 0.2) is 59.8 Å². The van der Waals surface area contributed by atoms with Gasteiger partial charge in [0.2, 0.25) is 0 Å². The Bertz CT molecular complexity index is 1050. The highest BCUT2D eigenvalue weighted by Crippen LogP contribution is 2.32. The monoisotopic (exact) mass is 438 g/mol. The number of thiocarbonyl (C=S) groups is 1. The van der Waals surface area contributed by atoms with Crippen LogP contribution < -0.4 is 16.0 Å². The van der Waals surface area contributed by atoms with Gasteiger partial charge < -0.3 is 25.6 Å². The first-order chi connectivity index (χ1) is 14.8. The summed E-state index contributed by atoms with van der Waals surface area (Å²) in [5.41, 5.74) is 4.35. The molecule has 2 aromatic carbocycles. The molecule has 0 saturated heterocycles. The zero-order valence-electron chi connectivity index (χ0n) is 18.0. The Balaban J connectivity index is 1.84. The van der Waals surface area contributed by atoms with Crippen LogP contribution in [0.3, 0.4) is 0 Å². The van der Waals surface area contributed by atoms with Gasteiger partial charge in [0.05, 0.1) is 18.2 Å². The molecular weight excluding hydrogens is 412 g/mol. The van der Waals surface area contributed by atoms with E-state index in [1.807, 2.05) is 56.3 Å². The fourth-order valence-electron chi connectivity index (χ4n) is 3.37. The summed E-state index contributed by atoms with van der Waals surface area (Å²) in [7, 11) is 1.80. The maximum absolute atomic E-state index is 12.7. The van der Waals surface area contributed by atoms with Crippen molar-refractivity contribution in [2.24, 2.45) is 0 Å². The molecule has 0 fully saturated rings. The van der Waals surface area contributed by atoms with Gasteiger partial charge in [0.15, 0.2) is 5.11 Å². The minimum absolute atomic E-state index is 0.275. The molecule has 7 nitrogen and oxygen atoms in total. The highest BCUT2D eigenvalue weighted by molar-refractivity contribution is 7.80. The Morgan fingerprint density at radius 1 is 1.10 bits per heavy atom. The molecule has 0 bridgehead atoms. The van der Waals surface area contributed by atoms with Crippen LogP contribution in [0.4, 0.5) is 16.2 Å². The number of amides is 2. The zero-order valence-corrected chi connectivity index (χ0v) is 18.8. The summed E-state index contributed by atoms with van der Waals surface area (Å²) in [6.45, 7) is 5.84. The van der Waals surface area contributed by atoms with Crippen molar-refractivity contribution >= 4 is 40.7 Å². The van der Waals surface area contributed by atoms with E-state index in [0.717, 1.165) is 16.8 Å². The predicted octanol–water partition coefficient (Wildman–Crippen LogP) is 4.34. The van der Waals surface area contributed by atoms with Gasteiger partial charge in [-0.05, 0) is 68.4 Å². The van der Waals surface area contributed by atoms with Crippen LogP contribution in [0, 0.1) is 6.92 Å². The first-order valence-electron chi connectivity index (χ1n) is 9.97. The third-order valence-electron chi connectivity index (χ3n) is 5.00. The zero-order chi connectivity index (χ0) is 22.5. The van der Waals surface area contributed by atoms with Crippen LogP contribution in [0.5, 0.6) is 0 Å². The molecule has 0 aromatic heterocycles. The Kier molecular flexibility index (Phi) is 6.91. The van der Waals surface area contributed by atoms with Crippen molar-refractivity contribution in [3.05, 3.63) is 70.9 Å². The highest BCUT2D eigenvalue weighted by Gasteiger charge is 2.33. The first kappa shape index (κ1) is 22.3. The van der Waals surface area contributed by atoms with Crippen molar-refractivity contribution in [3.63, 3.8) is 0 Å². The standard InChI is InChI=1S/C23H26N4O3S/c1-5-30-21(28)19-15(3)27(4)23(31)26-20(19)16-9-7-11-18(13-16)25-22(29)24-17-10-6-8-14(2)12-17/h6-13,20H,5H2,1-4H3,(H,26,31)(H2,24,25,29). The van der Waals surface area contributed by atoms with E-state index in [-0.39, 0.29) is 12.6 Å². The van der Waals surface area contributed by atoms with Crippen LogP contribution in [-0.4, -0.2) is 35.7 Å². The topological polar surface area (TPSA) is 82.7 Å². The fourth-order valence-corrected chi connectivity index (χ4v) is 3.63. The fraction of sp³-hybridized carbons (Fsp3) is 0.261. The number of urea groups is 1. The predicted molar refractivity (Wildman–Crippen MR) is 126 cm³/mol. The molecule has 0 aliphatic carbocycles. The van der Waals surface area contributed by atoms with Crippen molar-refractivity contribution in [2.75, 3.05) is 24.3 Å². The van der Waals surface area contributed by atoms with Gasteiger partial charge >= 0.3 is 12.0 Å². The molecule has 1 unspecified atom stereocenters. The molecule has 0 radical (unpaired) electrons. The second-order valence-corrected chi connectivity index (χ2v) is 7.62. The number of benzene rings is 2. The number of ether oxygens (including phenoxy) is 1. The highest BCUT2D eigenvalue weighted by atomic mass is 32.1. The van der Waals surface area contributed by atoms with Crippen LogP contribution in [-0.2, 0) is 9.53 Å². The van der Waals surface area contributed by atoms with Gasteiger partial charge in [-0.3, -0.25) is 0 Å². The molecule has 0 spiro atoms. The van der Waals surface area contributed by atoms with Crippen LogP contribution >= 0.6 is 12.2 Å². The average Bonchev–Trinajstić information content (AvgIpc) is 2.72. The Morgan fingerprint density at radius 3 is 2.39 bits per heavy atom. The van der Waals surface area contributed by atoms with E-state index in [1.165, 1.54) is 0 Å². The van der Waals surface area contributed by atoms with Gasteiger partial charge in [0, 0.05) is 24.1 Å². The summed E-state index contributed by atoms with van der Waals surface area (Å²) in [6.07, 6.45) is 0. The molecule has 1 heterocycles. The van der Waals surface area contributed by atoms with E-state index in [2.05, 4.69) is 16.0 Å². The maximum atomic E-state index is 12.7. The minimum Gasteiger partial charge on any atom is -0.463 e. The van der Waals surface area contributed by atoms with E-state index in [0.29, 0.717) is 22.1 Å². The quantitative estimate of drug-likeness (QED) is 0.476. The SMILES string of the molecule is CCOC(=O)C1=C(C)N(C)C(=S)NC1c1cccc(NC(=O)Nc2cccc(C)c2)c1. The molecule has 3 N–H and O–H groups in total. The second kappa shape index (κ2) is 9.61. The third kappa shape index (κ3) is 5.21. The van der Waals surface area contributed by atoms with Crippen molar-refractivity contribution < 1.29 is 14.3 Å². The number of hydrogen-bond acceptors (Lipinski definition) is 4. The molecule has 162 valence electrons. The van der Waals surface area contributed by atoms with Crippen molar-refractivity contribution in [2.45, 2.75) is 26.8 Å². The number of allylic oxidation sites excluding steroid dienone is 1. The number of carbonyl (C=O) groups is 2. The summed E-state index contributed by atoms with van der Waals surface area (Å²) in [5, 5.41) is 9.36. The molecule has 2 aromatic rings. The van der Waals surface area contributed by atoms with Gasteiger partial charge in [0.1, 0.15) is 0 Å². The molecule has 8 heteroatoms. The number of aryl methyl sites for hydroxylation is 1. The van der Waals surface area contributed by atoms with E-state index < -0.39 is 12.0 Å². The Morgan fingerprint density at radius 2 is 1.74 bits per heavy atom. The van der Waals surface area contributed by atoms with Gasteiger partial charge in [0.25, 0.3) is 0 Å². The van der Waals surface area contributed by atoms with Crippen LogP contribution in [0.2, 0.25) is 0 Å². The van der Waals surface area contributed by atoms with E-state index in [9.17, 15) is 9.59 Å². The lowest BCUT2D eigenvalue weighted by Crippen LogP contribution is -2.46. The molecule has 1 aliphatic rings. The molecule has 3 rings (SSSR count). The lowest BCUT2D eigenvalue weighted by Gasteiger charge is -2.35. The molecule has 1 aliphatic heterocycles. The number of anilines is 2. The Labute approximate surface area is 187 Å². The normalized spacial score (nSPS) is 15.9. The lowest BCUT2D eigenvalue weighted by molar-refractivity contribution is -0.139. The molecule has 2 amide bonds. The van der Waals surface area contributed by atoms with Gasteiger partial charge in [-0.2, -0.15) is 0 Å². The number of carbonyl (C=O) groups excluding carboxylic acids is 2. The lowest BCUT2D eigenvalue weighted by atomic mass is 9.95. The van der Waals surface area contributed by atoms with E-state index in [4.69, 9.17) is 17.0 Å². The second-order valence-electron chi connectivity index (χ2n) is 7.24. The van der Waals surface area contributed by atoms with Crippen LogP contribution in [0.1, 0.15) is 31.0 Å². The molecule has 31 heavy (non-hydrogen) atoms. The van der Waals surface area contributed by atoms with Crippen molar-refractivity contribution in [1.82, 2.24) is 10.2 Å². The largest absolute Gasteiger partial charge is 0.463 e. The molecule has 0 saturated carbocycles. The van der Waals surface area contributed by atoms with Gasteiger partial charge in [-0.15, -0.1) is 0 Å². The van der Waals surface area contributed by atoms with Gasteiger partial charge in [-0.1, -0.05) is 24.3 Å². The number of rotatable bonds is 5. The van der Waals surface area contributed by atoms with E-state index >= 15 is 0 Å². The van der Waals surface area contributed by atoms with Gasteiger partial charge in [-0.25, -0.2) is 9.59 Å². The number of esters is 1. The van der Waals surface area contributed by atoms with Crippen molar-refractivity contribution in [1.29, 1.82) is 0 Å². The number of hydrogen-bond donors (Lipinski definition) is 3. The Hall–Kier alpha value is -3.39. The summed E-state index contributed by atoms with van der Waals surface area (Å²) in [4.78, 5) is 26.9. The van der Waals surface area contributed by atoms with Crippen LogP contribution in [0.25, 0.3) is 0 Å². The van der Waals surface area contributed by atoms with Crippen molar-refractivity contribution in [3.8, 4) is 0 Å². The number of nitrogens with zero attached hydrogens (tertiary/aromatic N) is 1. The maximum Gasteiger partial charge on any atom is 0.338 e. The third-order valence-corrected chi connectivity index (χ3v) is 5.39. The summed E-state index contributed by atoms with van der Waals surface area (Å²) in [5.74, 6) is -0.401. The molecular formula is C23H26N4O3S.